The third kappa shape index (κ3) is 7.20. The van der Waals surface area contributed by atoms with Gasteiger partial charge in [-0.05, 0) is 102 Å². The van der Waals surface area contributed by atoms with Gasteiger partial charge >= 0.3 is 12.1 Å². The van der Waals surface area contributed by atoms with Gasteiger partial charge in [0.05, 0.1) is 12.7 Å². The second-order valence-electron chi connectivity index (χ2n) is 9.58. The van der Waals surface area contributed by atoms with Gasteiger partial charge in [0.1, 0.15) is 0 Å². The van der Waals surface area contributed by atoms with Crippen LogP contribution >= 0.6 is 22.6 Å². The Morgan fingerprint density at radius 2 is 1.74 bits per heavy atom. The minimum absolute atomic E-state index is 0.00744. The van der Waals surface area contributed by atoms with Crippen LogP contribution in [0.25, 0.3) is 0 Å². The topological polar surface area (TPSA) is 29.5 Å². The number of piperidine rings is 1. The van der Waals surface area contributed by atoms with Crippen LogP contribution in [0.3, 0.4) is 0 Å². The summed E-state index contributed by atoms with van der Waals surface area (Å²) in [5.41, 5.74) is 1.47. The Balaban J connectivity index is 1.95. The van der Waals surface area contributed by atoms with Crippen LogP contribution in [0.5, 0.6) is 0 Å². The molecule has 3 nitrogen and oxygen atoms in total. The van der Waals surface area contributed by atoms with Gasteiger partial charge in [-0.2, -0.15) is 13.2 Å². The third-order valence-electron chi connectivity index (χ3n) is 6.73. The Hall–Kier alpha value is -1.61. The molecule has 34 heavy (non-hydrogen) atoms. The molecule has 0 radical (unpaired) electrons. The van der Waals surface area contributed by atoms with Crippen LogP contribution in [0.4, 0.5) is 13.2 Å². The van der Waals surface area contributed by atoms with Gasteiger partial charge in [-0.3, -0.25) is 9.69 Å². The summed E-state index contributed by atoms with van der Waals surface area (Å²) in [7, 11) is 1.42. The van der Waals surface area contributed by atoms with E-state index in [2.05, 4.69) is 65.6 Å². The standard InChI is InChI=1S/C27H33F3INO2/c1-18(2)4-13-24(20-5-9-22(10-6-20)27(28,29)30)32-15-14-19(17-26(33)34-3)16-25(32)21-7-11-23(31)12-8-21/h5-12,18-19,24-25H,4,13-17H2,1-3H3/t19-,24+,25-/m0/s1. The SMILES string of the molecule is COC(=O)C[C@H]1CCN([C@H](CCC(C)C)c2ccc(C(F)(F)F)cc2)[C@H](c2ccc(I)cc2)C1. The second-order valence-corrected chi connectivity index (χ2v) is 10.8. The first-order chi connectivity index (χ1) is 16.1. The molecule has 1 aliphatic rings. The minimum atomic E-state index is -4.35. The van der Waals surface area contributed by atoms with Crippen molar-refractivity contribution in [2.45, 2.75) is 64.2 Å². The number of methoxy groups -OCH3 is 1. The van der Waals surface area contributed by atoms with Crippen LogP contribution in [-0.4, -0.2) is 24.5 Å². The zero-order chi connectivity index (χ0) is 24.9. The number of carbonyl (C=O) groups is 1. The first-order valence-corrected chi connectivity index (χ1v) is 12.9. The van der Waals surface area contributed by atoms with Crippen molar-refractivity contribution in [3.8, 4) is 0 Å². The Morgan fingerprint density at radius 3 is 2.29 bits per heavy atom. The quantitative estimate of drug-likeness (QED) is 0.233. The molecule has 1 saturated heterocycles. The van der Waals surface area contributed by atoms with Crippen molar-refractivity contribution < 1.29 is 22.7 Å². The number of hydrogen-bond acceptors (Lipinski definition) is 3. The number of ether oxygens (including phenoxy) is 1. The van der Waals surface area contributed by atoms with Crippen molar-refractivity contribution in [1.82, 2.24) is 4.90 Å². The molecule has 0 aliphatic carbocycles. The van der Waals surface area contributed by atoms with Gasteiger partial charge in [0.15, 0.2) is 0 Å². The molecule has 0 bridgehead atoms. The third-order valence-corrected chi connectivity index (χ3v) is 7.45. The molecule has 1 heterocycles. The van der Waals surface area contributed by atoms with Gasteiger partial charge in [0.2, 0.25) is 0 Å². The molecule has 0 N–H and O–H groups in total. The summed E-state index contributed by atoms with van der Waals surface area (Å²) in [6.45, 7) is 5.12. The minimum Gasteiger partial charge on any atom is -0.469 e. The normalized spacial score (nSPS) is 20.4. The zero-order valence-electron chi connectivity index (χ0n) is 19.9. The number of carbonyl (C=O) groups excluding carboxylic acids is 1. The van der Waals surface area contributed by atoms with Gasteiger partial charge in [0, 0.05) is 22.1 Å². The fourth-order valence-electron chi connectivity index (χ4n) is 4.86. The molecule has 0 unspecified atom stereocenters. The Kier molecular flexibility index (Phi) is 9.43. The van der Waals surface area contributed by atoms with E-state index in [4.69, 9.17) is 4.74 Å². The highest BCUT2D eigenvalue weighted by Gasteiger charge is 2.36. The van der Waals surface area contributed by atoms with E-state index >= 15 is 0 Å². The van der Waals surface area contributed by atoms with Crippen molar-refractivity contribution in [3.05, 3.63) is 68.8 Å². The highest BCUT2D eigenvalue weighted by Crippen LogP contribution is 2.43. The van der Waals surface area contributed by atoms with E-state index in [0.717, 1.165) is 41.4 Å². The Bertz CT molecular complexity index is 928. The molecular weight excluding hydrogens is 554 g/mol. The lowest BCUT2D eigenvalue weighted by Gasteiger charge is -2.44. The maximum absolute atomic E-state index is 13.2. The number of rotatable bonds is 8. The summed E-state index contributed by atoms with van der Waals surface area (Å²) >= 11 is 2.28. The summed E-state index contributed by atoms with van der Waals surface area (Å²) in [6, 6.07) is 14.2. The molecule has 0 spiro atoms. The maximum Gasteiger partial charge on any atom is 0.416 e. The van der Waals surface area contributed by atoms with E-state index in [9.17, 15) is 18.0 Å². The van der Waals surface area contributed by atoms with Crippen LogP contribution in [0, 0.1) is 15.4 Å². The molecule has 2 aromatic rings. The van der Waals surface area contributed by atoms with E-state index < -0.39 is 11.7 Å². The zero-order valence-corrected chi connectivity index (χ0v) is 22.1. The van der Waals surface area contributed by atoms with Gasteiger partial charge in [0.25, 0.3) is 0 Å². The van der Waals surface area contributed by atoms with Gasteiger partial charge in [-0.1, -0.05) is 38.1 Å². The largest absolute Gasteiger partial charge is 0.469 e. The van der Waals surface area contributed by atoms with Crippen molar-refractivity contribution in [2.24, 2.45) is 11.8 Å². The first kappa shape index (κ1) is 27.0. The number of benzene rings is 2. The molecule has 3 rings (SSSR count). The molecule has 2 aromatic carbocycles. The average molecular weight is 587 g/mol. The number of esters is 1. The molecule has 0 aromatic heterocycles. The molecule has 0 amide bonds. The van der Waals surface area contributed by atoms with Gasteiger partial charge in [-0.15, -0.1) is 0 Å². The smallest absolute Gasteiger partial charge is 0.416 e. The maximum atomic E-state index is 13.2. The summed E-state index contributed by atoms with van der Waals surface area (Å²) in [4.78, 5) is 14.4. The van der Waals surface area contributed by atoms with Crippen molar-refractivity contribution >= 4 is 28.6 Å². The number of hydrogen-bond donors (Lipinski definition) is 0. The van der Waals surface area contributed by atoms with E-state index in [1.807, 2.05) is 0 Å². The van der Waals surface area contributed by atoms with Crippen LogP contribution in [0.2, 0.25) is 0 Å². The molecule has 0 saturated carbocycles. The van der Waals surface area contributed by atoms with E-state index in [-0.39, 0.29) is 24.0 Å². The fourth-order valence-corrected chi connectivity index (χ4v) is 5.22. The lowest BCUT2D eigenvalue weighted by atomic mass is 9.82. The Labute approximate surface area is 214 Å². The number of likely N-dealkylation sites (tertiary alicyclic amines) is 1. The Morgan fingerprint density at radius 1 is 1.09 bits per heavy atom. The van der Waals surface area contributed by atoms with E-state index in [1.165, 1.54) is 24.8 Å². The van der Waals surface area contributed by atoms with Crippen LogP contribution in [-0.2, 0) is 15.7 Å². The second kappa shape index (κ2) is 11.9. The molecule has 186 valence electrons. The van der Waals surface area contributed by atoms with Crippen molar-refractivity contribution in [1.29, 1.82) is 0 Å². The molecule has 1 aliphatic heterocycles. The van der Waals surface area contributed by atoms with E-state index in [1.54, 1.807) is 12.1 Å². The van der Waals surface area contributed by atoms with Gasteiger partial charge < -0.3 is 4.74 Å². The lowest BCUT2D eigenvalue weighted by molar-refractivity contribution is -0.142. The van der Waals surface area contributed by atoms with Crippen LogP contribution in [0.1, 0.15) is 74.7 Å². The summed E-state index contributed by atoms with van der Waals surface area (Å²) in [5, 5.41) is 0. The van der Waals surface area contributed by atoms with E-state index in [0.29, 0.717) is 12.3 Å². The number of halogens is 4. The average Bonchev–Trinajstić information content (AvgIpc) is 2.80. The molecule has 3 atom stereocenters. The van der Waals surface area contributed by atoms with Gasteiger partial charge in [-0.25, -0.2) is 0 Å². The summed E-state index contributed by atoms with van der Waals surface area (Å²) in [6.07, 6.45) is -0.438. The van der Waals surface area contributed by atoms with Crippen molar-refractivity contribution in [2.75, 3.05) is 13.7 Å². The highest BCUT2D eigenvalue weighted by molar-refractivity contribution is 14.1. The van der Waals surface area contributed by atoms with Crippen LogP contribution in [0.15, 0.2) is 48.5 Å². The number of alkyl halides is 3. The summed E-state index contributed by atoms with van der Waals surface area (Å²) < 4.78 is 45.6. The predicted octanol–water partition coefficient (Wildman–Crippen LogP) is 7.80. The van der Waals surface area contributed by atoms with Crippen molar-refractivity contribution in [3.63, 3.8) is 0 Å². The monoisotopic (exact) mass is 587 g/mol. The molecular formula is C27H33F3INO2. The van der Waals surface area contributed by atoms with Crippen LogP contribution < -0.4 is 0 Å². The predicted molar refractivity (Wildman–Crippen MR) is 136 cm³/mol. The number of nitrogens with zero attached hydrogens (tertiary/aromatic N) is 1. The fraction of sp³-hybridized carbons (Fsp3) is 0.519. The summed E-state index contributed by atoms with van der Waals surface area (Å²) in [5.74, 6) is 0.510. The molecule has 7 heteroatoms. The lowest BCUT2D eigenvalue weighted by Crippen LogP contribution is -2.40. The highest BCUT2D eigenvalue weighted by atomic mass is 127. The molecule has 1 fully saturated rings. The first-order valence-electron chi connectivity index (χ1n) is 11.8.